The molecule has 12 nitrogen and oxygen atoms in total. The van der Waals surface area contributed by atoms with Gasteiger partial charge in [0.1, 0.15) is 12.0 Å². The second-order valence-electron chi connectivity index (χ2n) is 14.5. The molecule has 0 saturated carbocycles. The summed E-state index contributed by atoms with van der Waals surface area (Å²) in [6, 6.07) is 35.8. The van der Waals surface area contributed by atoms with Gasteiger partial charge < -0.3 is 15.1 Å². The van der Waals surface area contributed by atoms with Crippen LogP contribution in [0.5, 0.6) is 0 Å². The number of hydrogen-bond acceptors (Lipinski definition) is 11. The van der Waals surface area contributed by atoms with Crippen molar-refractivity contribution in [1.82, 2.24) is 19.8 Å². The van der Waals surface area contributed by atoms with Gasteiger partial charge in [0.2, 0.25) is 0 Å². The van der Waals surface area contributed by atoms with Crippen LogP contribution >= 0.6 is 23.4 Å². The fourth-order valence-electron chi connectivity index (χ4n) is 7.01. The molecule has 0 spiro atoms. The molecule has 1 atom stereocenters. The number of nitro benzene ring substituents is 1. The van der Waals surface area contributed by atoms with Crippen LogP contribution in [0.3, 0.4) is 0 Å². The highest BCUT2D eigenvalue weighted by Crippen LogP contribution is 2.33. The largest absolute Gasteiger partial charge is 0.376 e. The van der Waals surface area contributed by atoms with E-state index in [1.54, 1.807) is 11.8 Å². The molecule has 5 aromatic carbocycles. The smallest absolute Gasteiger partial charge is 0.293 e. The number of benzene rings is 5. The number of halogens is 1. The Morgan fingerprint density at radius 1 is 0.897 bits per heavy atom. The van der Waals surface area contributed by atoms with Gasteiger partial charge in [-0.15, -0.1) is 11.8 Å². The maximum absolute atomic E-state index is 13.7. The SMILES string of the molecule is CN(C)CCC(CSc1ccccc1)Nc1ccc(S(=O)(=O)Nc2ncnc3cc(N4CCN(Cc5ccccc5-c5cccc(Cl)c5)CC4)ccc23)cc1[N+](=O)[O-]. The molecule has 1 aromatic heterocycles. The van der Waals surface area contributed by atoms with Gasteiger partial charge in [-0.1, -0.05) is 66.2 Å². The zero-order chi connectivity index (χ0) is 40.6. The second-order valence-corrected chi connectivity index (χ2v) is 17.7. The fourth-order valence-corrected chi connectivity index (χ4v) is 9.24. The van der Waals surface area contributed by atoms with Crippen LogP contribution in [0.1, 0.15) is 12.0 Å². The molecule has 0 amide bonds. The molecular formula is C43H45ClN8O4S2. The minimum absolute atomic E-state index is 0.0891. The first kappa shape index (κ1) is 40.9. The molecule has 1 fully saturated rings. The molecule has 1 aliphatic heterocycles. The molecule has 300 valence electrons. The van der Waals surface area contributed by atoms with Crippen molar-refractivity contribution in [3.05, 3.63) is 142 Å². The maximum atomic E-state index is 13.7. The number of rotatable bonds is 16. The lowest BCUT2D eigenvalue weighted by Crippen LogP contribution is -2.46. The molecule has 2 heterocycles. The van der Waals surface area contributed by atoms with Crippen LogP contribution in [-0.2, 0) is 16.6 Å². The van der Waals surface area contributed by atoms with Gasteiger partial charge >= 0.3 is 0 Å². The lowest BCUT2D eigenvalue weighted by molar-refractivity contribution is -0.384. The van der Waals surface area contributed by atoms with Gasteiger partial charge in [-0.05, 0) is 98.3 Å². The zero-order valence-corrected chi connectivity index (χ0v) is 34.7. The van der Waals surface area contributed by atoms with E-state index in [1.165, 1.54) is 29.6 Å². The second kappa shape index (κ2) is 18.6. The monoisotopic (exact) mass is 836 g/mol. The summed E-state index contributed by atoms with van der Waals surface area (Å²) in [6.45, 7) is 4.92. The van der Waals surface area contributed by atoms with E-state index in [4.69, 9.17) is 11.6 Å². The Morgan fingerprint density at radius 3 is 2.43 bits per heavy atom. The van der Waals surface area contributed by atoms with Crippen molar-refractivity contribution in [2.24, 2.45) is 0 Å². The van der Waals surface area contributed by atoms with Crippen LogP contribution in [0.2, 0.25) is 5.02 Å². The van der Waals surface area contributed by atoms with Crippen molar-refractivity contribution >= 4 is 67.2 Å². The van der Waals surface area contributed by atoms with Crippen molar-refractivity contribution in [3.8, 4) is 11.1 Å². The quantitative estimate of drug-likeness (QED) is 0.0552. The minimum Gasteiger partial charge on any atom is -0.376 e. The van der Waals surface area contributed by atoms with Crippen LogP contribution in [0, 0.1) is 10.1 Å². The summed E-state index contributed by atoms with van der Waals surface area (Å²) < 4.78 is 30.0. The van der Waals surface area contributed by atoms with Crippen molar-refractivity contribution in [2.75, 3.05) is 67.5 Å². The number of anilines is 3. The fraction of sp³-hybridized carbons (Fsp3) is 0.256. The normalized spacial score (nSPS) is 14.1. The molecule has 58 heavy (non-hydrogen) atoms. The number of fused-ring (bicyclic) bond motifs is 1. The van der Waals surface area contributed by atoms with Crippen LogP contribution < -0.4 is 14.9 Å². The van der Waals surface area contributed by atoms with Gasteiger partial charge in [0.05, 0.1) is 15.3 Å². The van der Waals surface area contributed by atoms with E-state index in [0.29, 0.717) is 21.7 Å². The topological polar surface area (TPSA) is 137 Å². The molecule has 15 heteroatoms. The number of aromatic nitrogens is 2. The van der Waals surface area contributed by atoms with Gasteiger partial charge in [-0.25, -0.2) is 18.4 Å². The number of nitro groups is 1. The first-order valence-electron chi connectivity index (χ1n) is 19.0. The van der Waals surface area contributed by atoms with E-state index >= 15 is 0 Å². The molecule has 0 aliphatic carbocycles. The van der Waals surface area contributed by atoms with Gasteiger partial charge in [-0.3, -0.25) is 19.7 Å². The number of hydrogen-bond donors (Lipinski definition) is 2. The Hall–Kier alpha value is -5.25. The van der Waals surface area contributed by atoms with Crippen LogP contribution in [0.4, 0.5) is 22.9 Å². The number of thioether (sulfide) groups is 1. The standard InChI is InChI=1S/C43H45ClN8O4S2/c1-49(2)20-19-34(29-57-36-12-4-3-5-13-36)47-40-18-16-37(27-42(40)52(53)54)58(55,56)48-43-39-17-15-35(26-41(39)45-30-46-43)51-23-21-50(22-24-51)28-32-9-6-7-14-38(32)31-10-8-11-33(44)25-31/h3-18,25-27,30,34,47H,19-24,28-29H2,1-2H3,(H,45,46,48). The predicted molar refractivity (Wildman–Crippen MR) is 236 cm³/mol. The Balaban J connectivity index is 1.02. The van der Waals surface area contributed by atoms with Crippen molar-refractivity contribution in [3.63, 3.8) is 0 Å². The van der Waals surface area contributed by atoms with E-state index < -0.39 is 14.9 Å². The molecule has 0 radical (unpaired) electrons. The molecule has 2 N–H and O–H groups in total. The highest BCUT2D eigenvalue weighted by molar-refractivity contribution is 7.99. The van der Waals surface area contributed by atoms with Crippen molar-refractivity contribution < 1.29 is 13.3 Å². The van der Waals surface area contributed by atoms with Gasteiger partial charge in [0, 0.05) is 71.6 Å². The summed E-state index contributed by atoms with van der Waals surface area (Å²) in [5, 5.41) is 16.9. The molecule has 1 aliphatic rings. The van der Waals surface area contributed by atoms with Gasteiger partial charge in [-0.2, -0.15) is 0 Å². The van der Waals surface area contributed by atoms with Crippen molar-refractivity contribution in [2.45, 2.75) is 28.8 Å². The Labute approximate surface area is 348 Å². The molecular weight excluding hydrogens is 792 g/mol. The molecule has 6 aromatic rings. The van der Waals surface area contributed by atoms with Gasteiger partial charge in [0.15, 0.2) is 5.82 Å². The minimum atomic E-state index is -4.27. The molecule has 1 unspecified atom stereocenters. The summed E-state index contributed by atoms with van der Waals surface area (Å²) >= 11 is 7.96. The number of piperazine rings is 1. The zero-order valence-electron chi connectivity index (χ0n) is 32.3. The van der Waals surface area contributed by atoms with Crippen molar-refractivity contribution in [1.29, 1.82) is 0 Å². The third-order valence-electron chi connectivity index (χ3n) is 10.1. The van der Waals surface area contributed by atoms with E-state index in [1.807, 2.05) is 80.8 Å². The molecule has 1 saturated heterocycles. The van der Waals surface area contributed by atoms with Gasteiger partial charge in [0.25, 0.3) is 15.7 Å². The summed E-state index contributed by atoms with van der Waals surface area (Å²) in [6.07, 6.45) is 2.04. The first-order valence-corrected chi connectivity index (χ1v) is 21.8. The first-order chi connectivity index (χ1) is 28.0. The van der Waals surface area contributed by atoms with Crippen LogP contribution in [0.15, 0.2) is 131 Å². The molecule has 7 rings (SSSR count). The Bertz CT molecular complexity index is 2480. The van der Waals surface area contributed by atoms with E-state index in [2.05, 4.69) is 65.0 Å². The summed E-state index contributed by atoms with van der Waals surface area (Å²) in [4.78, 5) is 28.1. The average molecular weight is 837 g/mol. The lowest BCUT2D eigenvalue weighted by atomic mass is 9.99. The Kier molecular flexibility index (Phi) is 13.1. The van der Waals surface area contributed by atoms with E-state index in [9.17, 15) is 18.5 Å². The van der Waals surface area contributed by atoms with Crippen LogP contribution in [-0.4, -0.2) is 91.7 Å². The number of sulfonamides is 1. The average Bonchev–Trinajstić information content (AvgIpc) is 3.22. The lowest BCUT2D eigenvalue weighted by Gasteiger charge is -2.36. The number of nitrogens with zero attached hydrogens (tertiary/aromatic N) is 6. The summed E-state index contributed by atoms with van der Waals surface area (Å²) in [5.41, 5.74) is 5.00. The summed E-state index contributed by atoms with van der Waals surface area (Å²) in [5.74, 6) is 0.752. The van der Waals surface area contributed by atoms with E-state index in [0.717, 1.165) is 67.9 Å². The highest BCUT2D eigenvalue weighted by atomic mass is 35.5. The number of nitrogens with one attached hydrogen (secondary N) is 2. The highest BCUT2D eigenvalue weighted by Gasteiger charge is 2.25. The maximum Gasteiger partial charge on any atom is 0.293 e. The summed E-state index contributed by atoms with van der Waals surface area (Å²) in [7, 11) is -0.312. The third-order valence-corrected chi connectivity index (χ3v) is 12.8. The predicted octanol–water partition coefficient (Wildman–Crippen LogP) is 8.51. The third kappa shape index (κ3) is 10.2. The Morgan fingerprint density at radius 2 is 1.67 bits per heavy atom. The van der Waals surface area contributed by atoms with E-state index in [-0.39, 0.29) is 28.1 Å². The molecule has 0 bridgehead atoms. The van der Waals surface area contributed by atoms with Crippen LogP contribution in [0.25, 0.3) is 22.0 Å².